The number of alkyl halides is 3. The van der Waals surface area contributed by atoms with Gasteiger partial charge in [0, 0.05) is 31.7 Å². The Balaban J connectivity index is 1.55. The third-order valence-corrected chi connectivity index (χ3v) is 4.75. The summed E-state index contributed by atoms with van der Waals surface area (Å²) in [5.41, 5.74) is 0.884. The first-order valence-electron chi connectivity index (χ1n) is 7.83. The fourth-order valence-electron chi connectivity index (χ4n) is 2.72. The van der Waals surface area contributed by atoms with Gasteiger partial charge in [0.25, 0.3) is 0 Å². The lowest BCUT2D eigenvalue weighted by atomic mass is 10.2. The van der Waals surface area contributed by atoms with Gasteiger partial charge in [-0.3, -0.25) is 9.36 Å². The number of para-hydroxylation sites is 1. The van der Waals surface area contributed by atoms with Crippen LogP contribution in [0.5, 0.6) is 0 Å². The molecule has 0 fully saturated rings. The van der Waals surface area contributed by atoms with Crippen molar-refractivity contribution in [3.05, 3.63) is 48.5 Å². The van der Waals surface area contributed by atoms with E-state index in [0.29, 0.717) is 0 Å². The SMILES string of the molecule is Cn1nc(C(F)(F)F)cc1-n1cc(SNc2cccc3cnn(C)c23)cn1. The number of aryl methyl sites for hydroxylation is 2. The number of hydrogen-bond acceptors (Lipinski definition) is 5. The van der Waals surface area contributed by atoms with Crippen molar-refractivity contribution in [1.82, 2.24) is 29.3 Å². The predicted molar refractivity (Wildman–Crippen MR) is 95.5 cm³/mol. The Morgan fingerprint density at radius 2 is 1.89 bits per heavy atom. The Bertz CT molecular complexity index is 1110. The van der Waals surface area contributed by atoms with Gasteiger partial charge in [-0.05, 0) is 18.0 Å². The minimum atomic E-state index is -4.50. The van der Waals surface area contributed by atoms with Gasteiger partial charge in [0.1, 0.15) is 0 Å². The topological polar surface area (TPSA) is 65.5 Å². The Morgan fingerprint density at radius 1 is 1.07 bits per heavy atom. The molecule has 0 aliphatic heterocycles. The lowest BCUT2D eigenvalue weighted by molar-refractivity contribution is -0.141. The van der Waals surface area contributed by atoms with Crippen LogP contribution in [-0.2, 0) is 20.3 Å². The zero-order valence-electron chi connectivity index (χ0n) is 14.3. The van der Waals surface area contributed by atoms with E-state index >= 15 is 0 Å². The predicted octanol–water partition coefficient (Wildman–Crippen LogP) is 3.63. The Morgan fingerprint density at radius 3 is 2.63 bits per heavy atom. The van der Waals surface area contributed by atoms with Gasteiger partial charge in [-0.15, -0.1) is 0 Å². The zero-order chi connectivity index (χ0) is 19.2. The van der Waals surface area contributed by atoms with Gasteiger partial charge in [0.15, 0.2) is 11.5 Å². The van der Waals surface area contributed by atoms with E-state index < -0.39 is 11.9 Å². The molecule has 0 radical (unpaired) electrons. The van der Waals surface area contributed by atoms with Gasteiger partial charge in [-0.25, -0.2) is 4.68 Å². The summed E-state index contributed by atoms with van der Waals surface area (Å²) in [5, 5.41) is 12.9. The number of fused-ring (bicyclic) bond motifs is 1. The lowest BCUT2D eigenvalue weighted by Gasteiger charge is -2.06. The van der Waals surface area contributed by atoms with Crippen LogP contribution in [0.4, 0.5) is 18.9 Å². The monoisotopic (exact) mass is 393 g/mol. The molecule has 0 amide bonds. The maximum absolute atomic E-state index is 12.8. The van der Waals surface area contributed by atoms with Crippen LogP contribution in [0.1, 0.15) is 5.69 Å². The molecule has 140 valence electrons. The largest absolute Gasteiger partial charge is 0.435 e. The standard InChI is InChI=1S/C16H14F3N7S/c1-24-14(6-13(22-24)16(17,18)19)26-9-11(8-21-26)27-23-12-5-3-4-10-7-20-25(2)15(10)12/h3-9,23H,1-2H3. The molecule has 0 aliphatic rings. The summed E-state index contributed by atoms with van der Waals surface area (Å²) in [5.74, 6) is 0.225. The van der Waals surface area contributed by atoms with Gasteiger partial charge >= 0.3 is 6.18 Å². The van der Waals surface area contributed by atoms with E-state index in [0.717, 1.165) is 32.2 Å². The molecule has 0 bridgehead atoms. The van der Waals surface area contributed by atoms with Crippen LogP contribution in [0.25, 0.3) is 16.7 Å². The minimum absolute atomic E-state index is 0.225. The molecule has 0 aliphatic carbocycles. The fraction of sp³-hybridized carbons (Fsp3) is 0.188. The second-order valence-electron chi connectivity index (χ2n) is 5.85. The van der Waals surface area contributed by atoms with Crippen molar-refractivity contribution in [2.75, 3.05) is 4.72 Å². The maximum Gasteiger partial charge on any atom is 0.435 e. The summed E-state index contributed by atoms with van der Waals surface area (Å²) in [6.07, 6.45) is 0.494. The Kier molecular flexibility index (Phi) is 4.10. The van der Waals surface area contributed by atoms with E-state index in [9.17, 15) is 13.2 Å². The molecule has 3 aromatic heterocycles. The quantitative estimate of drug-likeness (QED) is 0.537. The minimum Gasteiger partial charge on any atom is -0.324 e. The first kappa shape index (κ1) is 17.5. The molecule has 3 heterocycles. The van der Waals surface area contributed by atoms with Gasteiger partial charge < -0.3 is 4.72 Å². The number of benzene rings is 1. The molecule has 11 heteroatoms. The van der Waals surface area contributed by atoms with Gasteiger partial charge in [0.05, 0.1) is 28.5 Å². The second kappa shape index (κ2) is 6.34. The van der Waals surface area contributed by atoms with Crippen molar-refractivity contribution in [2.24, 2.45) is 14.1 Å². The number of nitrogens with zero attached hydrogens (tertiary/aromatic N) is 6. The second-order valence-corrected chi connectivity index (χ2v) is 6.73. The summed E-state index contributed by atoms with van der Waals surface area (Å²) in [4.78, 5) is 0.740. The molecule has 4 aromatic rings. The molecule has 7 nitrogen and oxygen atoms in total. The molecule has 0 saturated carbocycles. The van der Waals surface area contributed by atoms with Crippen LogP contribution in [-0.4, -0.2) is 29.3 Å². The van der Waals surface area contributed by atoms with Gasteiger partial charge in [0.2, 0.25) is 0 Å². The summed E-state index contributed by atoms with van der Waals surface area (Å²) < 4.78 is 46.0. The first-order chi connectivity index (χ1) is 12.8. The molecule has 1 aromatic carbocycles. The van der Waals surface area contributed by atoms with Crippen molar-refractivity contribution >= 4 is 28.5 Å². The van der Waals surface area contributed by atoms with Crippen molar-refractivity contribution in [3.8, 4) is 5.82 Å². The van der Waals surface area contributed by atoms with Crippen LogP contribution in [0.3, 0.4) is 0 Å². The number of aromatic nitrogens is 6. The van der Waals surface area contributed by atoms with Crippen LogP contribution in [0.2, 0.25) is 0 Å². The van der Waals surface area contributed by atoms with Crippen molar-refractivity contribution in [3.63, 3.8) is 0 Å². The zero-order valence-corrected chi connectivity index (χ0v) is 15.1. The number of nitrogens with one attached hydrogen (secondary N) is 1. The Hall–Kier alpha value is -2.95. The molecular weight excluding hydrogens is 379 g/mol. The molecule has 1 N–H and O–H groups in total. The smallest absolute Gasteiger partial charge is 0.324 e. The highest BCUT2D eigenvalue weighted by molar-refractivity contribution is 8.00. The fourth-order valence-corrected chi connectivity index (χ4v) is 3.37. The average Bonchev–Trinajstić information content (AvgIpc) is 3.31. The van der Waals surface area contributed by atoms with E-state index in [1.807, 2.05) is 25.2 Å². The Labute approximate surface area is 155 Å². The normalized spacial score (nSPS) is 12.0. The first-order valence-corrected chi connectivity index (χ1v) is 8.64. The number of anilines is 1. The highest BCUT2D eigenvalue weighted by Crippen LogP contribution is 2.30. The molecule has 0 unspecified atom stereocenters. The summed E-state index contributed by atoms with van der Waals surface area (Å²) in [6, 6.07) is 6.78. The van der Waals surface area contributed by atoms with E-state index in [4.69, 9.17) is 0 Å². The summed E-state index contributed by atoms with van der Waals surface area (Å²) in [7, 11) is 3.30. The van der Waals surface area contributed by atoms with Crippen molar-refractivity contribution in [2.45, 2.75) is 11.1 Å². The third-order valence-electron chi connectivity index (χ3n) is 3.98. The van der Waals surface area contributed by atoms with Gasteiger partial charge in [-0.2, -0.15) is 28.5 Å². The van der Waals surface area contributed by atoms with Crippen LogP contribution in [0, 0.1) is 0 Å². The third kappa shape index (κ3) is 3.25. The molecule has 4 rings (SSSR count). The molecule has 0 spiro atoms. The molecule has 0 saturated heterocycles. The van der Waals surface area contributed by atoms with Gasteiger partial charge in [-0.1, -0.05) is 12.1 Å². The van der Waals surface area contributed by atoms with Crippen molar-refractivity contribution < 1.29 is 13.2 Å². The number of rotatable bonds is 4. The lowest BCUT2D eigenvalue weighted by Crippen LogP contribution is -2.06. The highest BCUT2D eigenvalue weighted by atomic mass is 32.2. The van der Waals surface area contributed by atoms with E-state index in [1.54, 1.807) is 23.3 Å². The summed E-state index contributed by atoms with van der Waals surface area (Å²) >= 11 is 1.31. The number of hydrogen-bond donors (Lipinski definition) is 1. The van der Waals surface area contributed by atoms with Crippen LogP contribution in [0.15, 0.2) is 47.8 Å². The number of halogens is 3. The molecule has 0 atom stereocenters. The van der Waals surface area contributed by atoms with Crippen molar-refractivity contribution in [1.29, 1.82) is 0 Å². The van der Waals surface area contributed by atoms with Crippen LogP contribution < -0.4 is 4.72 Å². The summed E-state index contributed by atoms with van der Waals surface area (Å²) in [6.45, 7) is 0. The molecule has 27 heavy (non-hydrogen) atoms. The van der Waals surface area contributed by atoms with E-state index in [1.165, 1.54) is 23.7 Å². The highest BCUT2D eigenvalue weighted by Gasteiger charge is 2.34. The van der Waals surface area contributed by atoms with E-state index in [2.05, 4.69) is 20.0 Å². The van der Waals surface area contributed by atoms with E-state index in [-0.39, 0.29) is 5.82 Å². The maximum atomic E-state index is 12.8. The molecular formula is C16H14F3N7S. The van der Waals surface area contributed by atoms with Crippen LogP contribution >= 0.6 is 11.9 Å². The average molecular weight is 393 g/mol.